The van der Waals surface area contributed by atoms with Gasteiger partial charge in [-0.15, -0.1) is 0 Å². The molecule has 0 aliphatic rings. The third-order valence-electron chi connectivity index (χ3n) is 2.56. The highest BCUT2D eigenvalue weighted by Crippen LogP contribution is 2.16. The summed E-state index contributed by atoms with van der Waals surface area (Å²) < 4.78 is 14.4. The van der Waals surface area contributed by atoms with Gasteiger partial charge in [0.15, 0.2) is 11.2 Å². The first-order valence-corrected chi connectivity index (χ1v) is 6.08. The Morgan fingerprint density at radius 1 is 1.41 bits per heavy atom. The van der Waals surface area contributed by atoms with E-state index in [1.807, 2.05) is 0 Å². The minimum atomic E-state index is -0.867. The zero-order chi connectivity index (χ0) is 16.3. The second kappa shape index (κ2) is 6.08. The number of carbonyl (C=O) groups excluding carboxylic acids is 2. The van der Waals surface area contributed by atoms with Crippen LogP contribution in [0, 0.1) is 5.41 Å². The molecule has 10 nitrogen and oxygen atoms in total. The normalized spacial score (nSPS) is 10.3. The number of rotatable bonds is 4. The Kier molecular flexibility index (Phi) is 4.20. The molecule has 0 unspecified atom stereocenters. The predicted octanol–water partition coefficient (Wildman–Crippen LogP) is 0.218. The molecule has 2 aromatic heterocycles. The smallest absolute Gasteiger partial charge is 0.376 e. The van der Waals surface area contributed by atoms with Gasteiger partial charge in [-0.3, -0.25) is 5.41 Å². The highest BCUT2D eigenvalue weighted by molar-refractivity contribution is 5.88. The fourth-order valence-electron chi connectivity index (χ4n) is 1.55. The van der Waals surface area contributed by atoms with E-state index < -0.39 is 23.1 Å². The molecule has 0 bridgehead atoms. The zero-order valence-corrected chi connectivity index (χ0v) is 11.7. The molecule has 0 spiro atoms. The average molecular weight is 308 g/mol. The van der Waals surface area contributed by atoms with Gasteiger partial charge in [0.1, 0.15) is 11.4 Å². The number of hydrogen-bond acceptors (Lipinski definition) is 9. The summed E-state index contributed by atoms with van der Waals surface area (Å²) in [6.07, 6.45) is 1.05. The van der Waals surface area contributed by atoms with Gasteiger partial charge < -0.3 is 19.2 Å². The summed E-state index contributed by atoms with van der Waals surface area (Å²) in [4.78, 5) is 26.9. The summed E-state index contributed by atoms with van der Waals surface area (Å²) in [6.45, 7) is 1.69. The maximum Gasteiger partial charge on any atom is 0.376 e. The van der Waals surface area contributed by atoms with Gasteiger partial charge in [0, 0.05) is 6.07 Å². The van der Waals surface area contributed by atoms with E-state index in [2.05, 4.69) is 14.9 Å². The fraction of sp³-hybridized carbons (Fsp3) is 0.250. The molecule has 0 amide bonds. The van der Waals surface area contributed by atoms with Crippen LogP contribution in [0.2, 0.25) is 0 Å². The summed E-state index contributed by atoms with van der Waals surface area (Å²) in [5.41, 5.74) is -0.849. The van der Waals surface area contributed by atoms with Crippen molar-refractivity contribution < 1.29 is 28.8 Å². The Hall–Kier alpha value is -3.17. The number of methoxy groups -OCH3 is 1. The van der Waals surface area contributed by atoms with Crippen molar-refractivity contribution in [1.29, 1.82) is 5.41 Å². The van der Waals surface area contributed by atoms with Crippen LogP contribution in [0.1, 0.15) is 28.0 Å². The summed E-state index contributed by atoms with van der Waals surface area (Å²) in [5, 5.41) is 20.8. The molecule has 2 heterocycles. The van der Waals surface area contributed by atoms with Gasteiger partial charge in [-0.2, -0.15) is 4.73 Å². The Bertz CT molecular complexity index is 778. The van der Waals surface area contributed by atoms with E-state index >= 15 is 0 Å². The molecule has 2 N–H and O–H groups in total. The Labute approximate surface area is 123 Å². The lowest BCUT2D eigenvalue weighted by Gasteiger charge is -2.05. The lowest BCUT2D eigenvalue weighted by atomic mass is 10.3. The number of aromatic nitrogens is 3. The molecule has 0 fully saturated rings. The first-order chi connectivity index (χ1) is 10.5. The molecule has 0 saturated heterocycles. The van der Waals surface area contributed by atoms with Crippen LogP contribution in [-0.2, 0) is 9.47 Å². The van der Waals surface area contributed by atoms with Crippen molar-refractivity contribution in [3.63, 3.8) is 0 Å². The molecule has 0 radical (unpaired) electrons. The highest BCUT2D eigenvalue weighted by Gasteiger charge is 2.19. The van der Waals surface area contributed by atoms with Crippen LogP contribution in [0.4, 0.5) is 0 Å². The summed E-state index contributed by atoms with van der Waals surface area (Å²) in [6, 6.07) is 1.23. The van der Waals surface area contributed by atoms with Crippen molar-refractivity contribution >= 4 is 11.9 Å². The van der Waals surface area contributed by atoms with Gasteiger partial charge in [0.2, 0.25) is 5.76 Å². The number of nitrogens with one attached hydrogen (secondary N) is 1. The molecule has 2 aromatic rings. The van der Waals surface area contributed by atoms with Gasteiger partial charge in [-0.05, 0) is 6.92 Å². The standard InChI is InChI=1S/C12H12N4O6/c1-3-21-12(18)9-10(13)16(19)5-7(14-9)6-4-8(22-15-6)11(17)20-2/h4-5,13,19H,3H2,1-2H3. The number of carbonyl (C=O) groups is 2. The van der Waals surface area contributed by atoms with Gasteiger partial charge in [-0.1, -0.05) is 5.16 Å². The predicted molar refractivity (Wildman–Crippen MR) is 68.1 cm³/mol. The van der Waals surface area contributed by atoms with Crippen molar-refractivity contribution in [3.8, 4) is 11.4 Å². The van der Waals surface area contributed by atoms with Crippen LogP contribution in [-0.4, -0.2) is 45.7 Å². The summed E-state index contributed by atoms with van der Waals surface area (Å²) in [7, 11) is 1.18. The molecule has 0 aliphatic heterocycles. The van der Waals surface area contributed by atoms with Crippen LogP contribution >= 0.6 is 0 Å². The lowest BCUT2D eigenvalue weighted by Crippen LogP contribution is -2.28. The van der Waals surface area contributed by atoms with E-state index in [0.717, 1.165) is 6.20 Å². The number of hydrogen-bond donors (Lipinski definition) is 2. The average Bonchev–Trinajstić information content (AvgIpc) is 2.99. The highest BCUT2D eigenvalue weighted by atomic mass is 16.6. The lowest BCUT2D eigenvalue weighted by molar-refractivity contribution is 0.0507. The molecular weight excluding hydrogens is 296 g/mol. The maximum atomic E-state index is 11.7. The minimum Gasteiger partial charge on any atom is -0.463 e. The summed E-state index contributed by atoms with van der Waals surface area (Å²) >= 11 is 0. The molecular formula is C12H12N4O6. The van der Waals surface area contributed by atoms with E-state index in [4.69, 9.17) is 14.7 Å². The third-order valence-corrected chi connectivity index (χ3v) is 2.56. The molecule has 22 heavy (non-hydrogen) atoms. The van der Waals surface area contributed by atoms with Crippen LogP contribution in [0.15, 0.2) is 16.8 Å². The molecule has 2 rings (SSSR count). The van der Waals surface area contributed by atoms with Crippen molar-refractivity contribution in [1.82, 2.24) is 14.9 Å². The van der Waals surface area contributed by atoms with E-state index in [0.29, 0.717) is 4.73 Å². The Morgan fingerprint density at radius 2 is 2.14 bits per heavy atom. The topological polar surface area (TPSA) is 141 Å². The second-order valence-electron chi connectivity index (χ2n) is 3.96. The number of esters is 2. The van der Waals surface area contributed by atoms with Gasteiger partial charge in [-0.25, -0.2) is 14.6 Å². The maximum absolute atomic E-state index is 11.7. The SMILES string of the molecule is CCOC(=O)c1nc(-c2cc(C(=O)OC)on2)cn(O)c1=N. The Balaban J connectivity index is 2.48. The van der Waals surface area contributed by atoms with Crippen molar-refractivity contribution in [3.05, 3.63) is 29.2 Å². The van der Waals surface area contributed by atoms with Crippen molar-refractivity contribution in [2.45, 2.75) is 6.92 Å². The Morgan fingerprint density at radius 3 is 2.77 bits per heavy atom. The van der Waals surface area contributed by atoms with Gasteiger partial charge >= 0.3 is 11.9 Å². The van der Waals surface area contributed by atoms with E-state index in [1.165, 1.54) is 13.2 Å². The second-order valence-corrected chi connectivity index (χ2v) is 3.96. The van der Waals surface area contributed by atoms with Crippen LogP contribution in [0.3, 0.4) is 0 Å². The monoisotopic (exact) mass is 308 g/mol. The van der Waals surface area contributed by atoms with Crippen LogP contribution < -0.4 is 5.49 Å². The van der Waals surface area contributed by atoms with Crippen LogP contribution in [0.25, 0.3) is 11.4 Å². The first-order valence-electron chi connectivity index (χ1n) is 6.08. The molecule has 0 saturated carbocycles. The van der Waals surface area contributed by atoms with Crippen molar-refractivity contribution in [2.24, 2.45) is 0 Å². The molecule has 0 aromatic carbocycles. The molecule has 10 heteroatoms. The summed E-state index contributed by atoms with van der Waals surface area (Å²) in [5.74, 6) is -1.77. The number of nitrogens with zero attached hydrogens (tertiary/aromatic N) is 3. The number of ether oxygens (including phenoxy) is 2. The quantitative estimate of drug-likeness (QED) is 0.603. The van der Waals surface area contributed by atoms with E-state index in [1.54, 1.807) is 6.92 Å². The fourth-order valence-corrected chi connectivity index (χ4v) is 1.55. The van der Waals surface area contributed by atoms with E-state index in [9.17, 15) is 14.8 Å². The van der Waals surface area contributed by atoms with Crippen LogP contribution in [0.5, 0.6) is 0 Å². The van der Waals surface area contributed by atoms with Crippen molar-refractivity contribution in [2.75, 3.05) is 13.7 Å². The third kappa shape index (κ3) is 2.80. The van der Waals surface area contributed by atoms with Gasteiger partial charge in [0.25, 0.3) is 0 Å². The molecule has 0 aliphatic carbocycles. The molecule has 116 valence electrons. The van der Waals surface area contributed by atoms with Gasteiger partial charge in [0.05, 0.1) is 19.9 Å². The first kappa shape index (κ1) is 15.2. The zero-order valence-electron chi connectivity index (χ0n) is 11.7. The minimum absolute atomic E-state index is 0.0143. The largest absolute Gasteiger partial charge is 0.463 e. The molecule has 0 atom stereocenters. The van der Waals surface area contributed by atoms with E-state index in [-0.39, 0.29) is 23.8 Å².